The third-order valence-corrected chi connectivity index (χ3v) is 0. The van der Waals surface area contributed by atoms with Gasteiger partial charge < -0.3 is 20.3 Å². The van der Waals surface area contributed by atoms with Crippen LogP contribution < -0.4 is 0 Å². The van der Waals surface area contributed by atoms with Gasteiger partial charge in [0.1, 0.15) is 0 Å². The van der Waals surface area contributed by atoms with Gasteiger partial charge in [-0.25, -0.2) is 0 Å². The molecule has 0 aromatic heterocycles. The zero-order valence-corrected chi connectivity index (χ0v) is 8.08. The molecule has 0 saturated carbocycles. The molecule has 0 aliphatic heterocycles. The monoisotopic (exact) mass is 203 g/mol. The van der Waals surface area contributed by atoms with E-state index in [-0.39, 0.29) is 19.5 Å². The molecule has 8 heavy (non-hydrogen) atoms. The quantitative estimate of drug-likeness (QED) is 0.418. The van der Waals surface area contributed by atoms with Crippen LogP contribution in [0.5, 0.6) is 0 Å². The summed E-state index contributed by atoms with van der Waals surface area (Å²) in [7, 11) is 0. The van der Waals surface area contributed by atoms with Gasteiger partial charge in [-0.15, -0.1) is 0 Å². The molecule has 0 amide bonds. The molecule has 0 saturated heterocycles. The Bertz CT molecular complexity index is 4.35. The van der Waals surface area contributed by atoms with E-state index in [1.807, 2.05) is 20.3 Å². The summed E-state index contributed by atoms with van der Waals surface area (Å²) in [6, 6.07) is 0. The second-order valence-electron chi connectivity index (χ2n) is 0.577. The first-order valence-corrected chi connectivity index (χ1v) is 2.57. The van der Waals surface area contributed by atoms with Crippen LogP contribution in [0, 0.1) is 20.3 Å². The Labute approximate surface area is 67.8 Å². The summed E-state index contributed by atoms with van der Waals surface area (Å²) in [4.78, 5) is 0. The Balaban J connectivity index is -0.0000000147. The minimum atomic E-state index is 0. The smallest absolute Gasteiger partial charge is 0.346 e. The van der Waals surface area contributed by atoms with Gasteiger partial charge in [0.25, 0.3) is 0 Å². The fourth-order valence-corrected chi connectivity index (χ4v) is 0. The van der Waals surface area contributed by atoms with Crippen LogP contribution in [-0.2, 0) is 19.5 Å². The summed E-state index contributed by atoms with van der Waals surface area (Å²) >= 11 is 0. The van der Waals surface area contributed by atoms with Gasteiger partial charge in [-0.3, -0.25) is 0 Å². The SMILES string of the molecule is C[CH-]C.[CH2-]C.[CH2-]C.[Ru+3]. The Kier molecular flexibility index (Phi) is 372. The molecular weight excluding hydrogens is 185 g/mol. The predicted molar refractivity (Wildman–Crippen MR) is 37.7 cm³/mol. The van der Waals surface area contributed by atoms with Crippen molar-refractivity contribution in [1.82, 2.24) is 0 Å². The van der Waals surface area contributed by atoms with E-state index in [1.54, 1.807) is 13.8 Å². The number of hydrogen-bond donors (Lipinski definition) is 0. The molecule has 0 rings (SSSR count). The molecule has 0 atom stereocenters. The van der Waals surface area contributed by atoms with Crippen molar-refractivity contribution in [2.45, 2.75) is 27.7 Å². The van der Waals surface area contributed by atoms with Crippen molar-refractivity contribution in [2.75, 3.05) is 0 Å². The maximum Gasteiger partial charge on any atom is 3.00 e. The van der Waals surface area contributed by atoms with E-state index < -0.39 is 0 Å². The third-order valence-electron chi connectivity index (χ3n) is 0. The third kappa shape index (κ3) is 539. The van der Waals surface area contributed by atoms with Crippen LogP contribution in [0.25, 0.3) is 0 Å². The van der Waals surface area contributed by atoms with E-state index in [9.17, 15) is 0 Å². The summed E-state index contributed by atoms with van der Waals surface area (Å²) < 4.78 is 0. The maximum absolute atomic E-state index is 3.25. The molecule has 0 aliphatic carbocycles. The van der Waals surface area contributed by atoms with E-state index in [1.165, 1.54) is 0 Å². The first-order valence-electron chi connectivity index (χ1n) is 2.57. The summed E-state index contributed by atoms with van der Waals surface area (Å²) in [6.07, 6.45) is 2.00. The number of hydrogen-bond acceptors (Lipinski definition) is 0. The molecule has 0 aromatic carbocycles. The van der Waals surface area contributed by atoms with Crippen LogP contribution >= 0.6 is 0 Å². The number of rotatable bonds is 0. The average Bonchev–Trinajstić information content (AvgIpc) is 1.78. The molecule has 0 aromatic rings. The van der Waals surface area contributed by atoms with Gasteiger partial charge in [0.15, 0.2) is 0 Å². The van der Waals surface area contributed by atoms with E-state index >= 15 is 0 Å². The normalized spacial score (nSPS) is 3.75. The van der Waals surface area contributed by atoms with Crippen molar-refractivity contribution < 1.29 is 19.5 Å². The molecule has 53 valence electrons. The molecule has 1 radical (unpaired) electrons. The first kappa shape index (κ1) is 23.4. The molecule has 0 unspecified atom stereocenters. The van der Waals surface area contributed by atoms with Crippen molar-refractivity contribution in [3.63, 3.8) is 0 Å². The average molecular weight is 202 g/mol. The molecule has 1 heteroatoms. The van der Waals surface area contributed by atoms with Crippen LogP contribution in [0.2, 0.25) is 0 Å². The van der Waals surface area contributed by atoms with Crippen LogP contribution in [0.1, 0.15) is 27.7 Å². The van der Waals surface area contributed by atoms with E-state index in [4.69, 9.17) is 0 Å². The minimum Gasteiger partial charge on any atom is -0.346 e. The van der Waals surface area contributed by atoms with Gasteiger partial charge in [0.2, 0.25) is 0 Å². The van der Waals surface area contributed by atoms with Crippen molar-refractivity contribution >= 4 is 0 Å². The molecular formula is C7H17Ru. The maximum atomic E-state index is 3.25. The Morgan fingerprint density at radius 2 is 0.875 bits per heavy atom. The summed E-state index contributed by atoms with van der Waals surface area (Å²) in [5, 5.41) is 0. The van der Waals surface area contributed by atoms with Gasteiger partial charge in [0, 0.05) is 0 Å². The zero-order chi connectivity index (χ0) is 6.71. The molecule has 0 heterocycles. The Morgan fingerprint density at radius 3 is 0.875 bits per heavy atom. The van der Waals surface area contributed by atoms with Crippen LogP contribution in [0.3, 0.4) is 0 Å². The van der Waals surface area contributed by atoms with E-state index in [0.29, 0.717) is 0 Å². The van der Waals surface area contributed by atoms with Gasteiger partial charge in [-0.1, -0.05) is 0 Å². The molecule has 0 spiro atoms. The van der Waals surface area contributed by atoms with Gasteiger partial charge >= 0.3 is 19.5 Å². The van der Waals surface area contributed by atoms with Gasteiger partial charge in [-0.2, -0.15) is 27.7 Å². The summed E-state index contributed by atoms with van der Waals surface area (Å²) in [5.41, 5.74) is 0. The summed E-state index contributed by atoms with van der Waals surface area (Å²) in [6.45, 7) is 14.0. The second kappa shape index (κ2) is 127. The van der Waals surface area contributed by atoms with Crippen LogP contribution in [0.15, 0.2) is 0 Å². The van der Waals surface area contributed by atoms with Gasteiger partial charge in [-0.05, 0) is 0 Å². The largest absolute Gasteiger partial charge is 3.00 e. The molecule has 0 N–H and O–H groups in total. The molecule has 0 nitrogen and oxygen atoms in total. The van der Waals surface area contributed by atoms with Crippen LogP contribution in [0.4, 0.5) is 0 Å². The van der Waals surface area contributed by atoms with Crippen molar-refractivity contribution in [1.29, 1.82) is 0 Å². The second-order valence-corrected chi connectivity index (χ2v) is 0.577. The molecule has 0 fully saturated rings. The van der Waals surface area contributed by atoms with E-state index in [2.05, 4.69) is 13.8 Å². The Hall–Kier alpha value is 0.623. The van der Waals surface area contributed by atoms with Gasteiger partial charge in [0.05, 0.1) is 0 Å². The standard InChI is InChI=1S/C3H7.2C2H5.Ru/c1-3-2;2*1-2;/h3H,1-2H3;2*1H2,2H3;/q3*-1;+3. The summed E-state index contributed by atoms with van der Waals surface area (Å²) in [5.74, 6) is 0. The fourth-order valence-electron chi connectivity index (χ4n) is 0. The first-order chi connectivity index (χ1) is 3.41. The zero-order valence-electron chi connectivity index (χ0n) is 6.35. The molecule has 0 bridgehead atoms. The molecule has 0 aliphatic rings. The van der Waals surface area contributed by atoms with Crippen LogP contribution in [-0.4, -0.2) is 0 Å². The fraction of sp³-hybridized carbons (Fsp3) is 0.571. The Morgan fingerprint density at radius 1 is 0.875 bits per heavy atom. The minimum absolute atomic E-state index is 0. The van der Waals surface area contributed by atoms with Crippen molar-refractivity contribution in [3.8, 4) is 0 Å². The topological polar surface area (TPSA) is 0 Å². The van der Waals surface area contributed by atoms with E-state index in [0.717, 1.165) is 0 Å². The van der Waals surface area contributed by atoms with Crippen molar-refractivity contribution in [3.05, 3.63) is 20.3 Å². The van der Waals surface area contributed by atoms with Crippen molar-refractivity contribution in [2.24, 2.45) is 0 Å². The predicted octanol–water partition coefficient (Wildman–Crippen LogP) is 2.91.